The van der Waals surface area contributed by atoms with Crippen molar-refractivity contribution in [2.24, 2.45) is 0 Å². The molecule has 0 radical (unpaired) electrons. The van der Waals surface area contributed by atoms with Crippen molar-refractivity contribution in [3.05, 3.63) is 59.7 Å². The minimum absolute atomic E-state index is 0.0291. The van der Waals surface area contributed by atoms with Crippen LogP contribution in [0.4, 0.5) is 4.39 Å². The number of piperidine rings is 1. The lowest BCUT2D eigenvalue weighted by Gasteiger charge is -2.26. The molecule has 0 spiro atoms. The first-order chi connectivity index (χ1) is 15.0. The maximum absolute atomic E-state index is 13.5. The van der Waals surface area contributed by atoms with E-state index in [4.69, 9.17) is 0 Å². The number of hydrogen-bond acceptors (Lipinski definition) is 7. The molecule has 2 aromatic carbocycles. The van der Waals surface area contributed by atoms with Crippen molar-refractivity contribution in [1.29, 1.82) is 0 Å². The molecule has 3 aromatic rings. The van der Waals surface area contributed by atoms with Gasteiger partial charge in [-0.3, -0.25) is 14.3 Å². The fourth-order valence-corrected chi connectivity index (χ4v) is 4.48. The number of Topliss-reactive ketones (excluding diaryl/α,β-unsaturated/α-hetero) is 1. The summed E-state index contributed by atoms with van der Waals surface area (Å²) in [6.07, 6.45) is 3.53. The zero-order chi connectivity index (χ0) is 21.8. The maximum Gasteiger partial charge on any atom is 0.196 e. The number of aromatic nitrogens is 3. The largest absolute Gasteiger partial charge is 0.508 e. The Morgan fingerprint density at radius 3 is 2.48 bits per heavy atom. The summed E-state index contributed by atoms with van der Waals surface area (Å²) < 4.78 is 15.3. The fraction of sp³-hybridized carbons (Fsp3) is 0.318. The Morgan fingerprint density at radius 2 is 1.77 bits per heavy atom. The van der Waals surface area contributed by atoms with Crippen LogP contribution in [0.3, 0.4) is 0 Å². The molecule has 7 nitrogen and oxygen atoms in total. The van der Waals surface area contributed by atoms with Gasteiger partial charge in [0.25, 0.3) is 0 Å². The summed E-state index contributed by atoms with van der Waals surface area (Å²) in [7, 11) is 0. The second-order valence-electron chi connectivity index (χ2n) is 7.46. The van der Waals surface area contributed by atoms with Crippen molar-refractivity contribution in [2.45, 2.75) is 31.0 Å². The number of carbonyl (C=O) groups is 1. The third-order valence-electron chi connectivity index (χ3n) is 5.21. The normalized spacial score (nSPS) is 14.6. The number of hydrogen-bond donors (Lipinski definition) is 2. The van der Waals surface area contributed by atoms with Gasteiger partial charge < -0.3 is 10.2 Å². The topological polar surface area (TPSA) is 91.5 Å². The molecule has 31 heavy (non-hydrogen) atoms. The number of rotatable bonds is 7. The number of ketones is 1. The van der Waals surface area contributed by atoms with Gasteiger partial charge in [-0.2, -0.15) is 0 Å². The van der Waals surface area contributed by atoms with Crippen LogP contribution in [0.15, 0.2) is 47.6 Å². The monoisotopic (exact) mass is 442 g/mol. The van der Waals surface area contributed by atoms with E-state index in [1.807, 2.05) is 4.57 Å². The van der Waals surface area contributed by atoms with Gasteiger partial charge in [-0.25, -0.2) is 4.39 Å². The van der Waals surface area contributed by atoms with Crippen molar-refractivity contribution in [2.75, 3.05) is 18.8 Å². The van der Waals surface area contributed by atoms with E-state index in [2.05, 4.69) is 15.1 Å². The molecule has 0 unspecified atom stereocenters. The predicted octanol–water partition coefficient (Wildman–Crippen LogP) is 3.78. The Bertz CT molecular complexity index is 1070. The second kappa shape index (κ2) is 9.49. The van der Waals surface area contributed by atoms with Crippen LogP contribution in [-0.2, 0) is 6.54 Å². The first-order valence-corrected chi connectivity index (χ1v) is 11.1. The number of carbonyl (C=O) groups excluding carboxylic acids is 1. The molecule has 2 heterocycles. The highest BCUT2D eigenvalue weighted by atomic mass is 32.2. The standard InChI is InChI=1S/C22H23FN4O3S/c23-15-4-6-16(7-5-15)27-21(13-26-10-2-1-3-11-26)24-25-22(27)31-14-20(30)18-9-8-17(28)12-19(18)29/h4-9,12,28-29H,1-3,10-11,13-14H2. The van der Waals surface area contributed by atoms with Crippen molar-refractivity contribution >= 4 is 17.5 Å². The molecule has 1 saturated heterocycles. The highest BCUT2D eigenvalue weighted by molar-refractivity contribution is 7.99. The summed E-state index contributed by atoms with van der Waals surface area (Å²) in [6.45, 7) is 2.62. The van der Waals surface area contributed by atoms with E-state index in [0.717, 1.165) is 43.5 Å². The average Bonchev–Trinajstić information content (AvgIpc) is 3.15. The summed E-state index contributed by atoms with van der Waals surface area (Å²) in [5.74, 6) is -0.246. The zero-order valence-electron chi connectivity index (χ0n) is 16.9. The van der Waals surface area contributed by atoms with E-state index in [1.165, 1.54) is 42.4 Å². The third-order valence-corrected chi connectivity index (χ3v) is 6.14. The quantitative estimate of drug-likeness (QED) is 0.425. The minimum Gasteiger partial charge on any atom is -0.508 e. The van der Waals surface area contributed by atoms with E-state index >= 15 is 0 Å². The van der Waals surface area contributed by atoms with E-state index < -0.39 is 0 Å². The number of benzene rings is 2. The summed E-state index contributed by atoms with van der Waals surface area (Å²) >= 11 is 1.20. The molecule has 0 saturated carbocycles. The number of phenols is 2. The van der Waals surface area contributed by atoms with Crippen LogP contribution in [0.25, 0.3) is 5.69 Å². The van der Waals surface area contributed by atoms with Gasteiger partial charge in [-0.05, 0) is 62.3 Å². The van der Waals surface area contributed by atoms with Crippen LogP contribution in [0, 0.1) is 5.82 Å². The first-order valence-electron chi connectivity index (χ1n) is 10.1. The molecule has 162 valence electrons. The molecule has 9 heteroatoms. The number of aromatic hydroxyl groups is 2. The van der Waals surface area contributed by atoms with Crippen LogP contribution < -0.4 is 0 Å². The number of likely N-dealkylation sites (tertiary alicyclic amines) is 1. The summed E-state index contributed by atoms with van der Waals surface area (Å²) in [5, 5.41) is 28.5. The molecule has 4 rings (SSSR count). The number of halogens is 1. The van der Waals surface area contributed by atoms with Crippen molar-refractivity contribution in [3.63, 3.8) is 0 Å². The highest BCUT2D eigenvalue weighted by Gasteiger charge is 2.20. The Kier molecular flexibility index (Phi) is 6.53. The smallest absolute Gasteiger partial charge is 0.196 e. The van der Waals surface area contributed by atoms with E-state index in [1.54, 1.807) is 12.1 Å². The SMILES string of the molecule is O=C(CSc1nnc(CN2CCCCC2)n1-c1ccc(F)cc1)c1ccc(O)cc1O. The second-order valence-corrected chi connectivity index (χ2v) is 8.40. The van der Waals surface area contributed by atoms with Gasteiger partial charge in [0.2, 0.25) is 0 Å². The molecular weight excluding hydrogens is 419 g/mol. The van der Waals surface area contributed by atoms with Crippen LogP contribution in [-0.4, -0.2) is 54.5 Å². The van der Waals surface area contributed by atoms with E-state index in [-0.39, 0.29) is 34.4 Å². The van der Waals surface area contributed by atoms with Gasteiger partial charge in [-0.1, -0.05) is 18.2 Å². The molecule has 1 fully saturated rings. The van der Waals surface area contributed by atoms with Crippen molar-refractivity contribution in [1.82, 2.24) is 19.7 Å². The van der Waals surface area contributed by atoms with Crippen LogP contribution in [0.2, 0.25) is 0 Å². The Balaban J connectivity index is 1.57. The number of nitrogens with zero attached hydrogens (tertiary/aromatic N) is 4. The number of phenolic OH excluding ortho intramolecular Hbond substituents is 2. The lowest BCUT2D eigenvalue weighted by molar-refractivity contribution is 0.102. The third kappa shape index (κ3) is 5.05. The van der Waals surface area contributed by atoms with E-state index in [9.17, 15) is 19.4 Å². The molecule has 2 N–H and O–H groups in total. The van der Waals surface area contributed by atoms with Crippen LogP contribution >= 0.6 is 11.8 Å². The molecule has 1 aromatic heterocycles. The van der Waals surface area contributed by atoms with E-state index in [0.29, 0.717) is 11.7 Å². The van der Waals surface area contributed by atoms with Gasteiger partial charge in [0, 0.05) is 11.8 Å². The molecule has 0 bridgehead atoms. The van der Waals surface area contributed by atoms with Gasteiger partial charge in [0.05, 0.1) is 17.9 Å². The lowest BCUT2D eigenvalue weighted by atomic mass is 10.1. The first kappa shape index (κ1) is 21.3. The van der Waals surface area contributed by atoms with Gasteiger partial charge >= 0.3 is 0 Å². The lowest BCUT2D eigenvalue weighted by Crippen LogP contribution is -2.30. The molecule has 1 aliphatic rings. The summed E-state index contributed by atoms with van der Waals surface area (Å²) in [4.78, 5) is 14.9. The molecule has 0 aliphatic carbocycles. The number of thioether (sulfide) groups is 1. The Morgan fingerprint density at radius 1 is 1.03 bits per heavy atom. The maximum atomic E-state index is 13.5. The Labute approximate surface area is 183 Å². The zero-order valence-corrected chi connectivity index (χ0v) is 17.7. The predicted molar refractivity (Wildman–Crippen MR) is 115 cm³/mol. The van der Waals surface area contributed by atoms with Crippen LogP contribution in [0.5, 0.6) is 11.5 Å². The Hall–Kier alpha value is -2.91. The molecule has 1 aliphatic heterocycles. The van der Waals surface area contributed by atoms with Crippen molar-refractivity contribution in [3.8, 4) is 17.2 Å². The molecule has 0 atom stereocenters. The van der Waals surface area contributed by atoms with Gasteiger partial charge in [0.15, 0.2) is 16.8 Å². The molecule has 0 amide bonds. The average molecular weight is 443 g/mol. The van der Waals surface area contributed by atoms with Crippen LogP contribution in [0.1, 0.15) is 35.4 Å². The fourth-order valence-electron chi connectivity index (χ4n) is 3.63. The van der Waals surface area contributed by atoms with Crippen molar-refractivity contribution < 1.29 is 19.4 Å². The summed E-state index contributed by atoms with van der Waals surface area (Å²) in [6, 6.07) is 9.97. The molecular formula is C22H23FN4O3S. The van der Waals surface area contributed by atoms with Gasteiger partial charge in [-0.15, -0.1) is 10.2 Å². The van der Waals surface area contributed by atoms with Gasteiger partial charge in [0.1, 0.15) is 17.3 Å². The summed E-state index contributed by atoms with van der Waals surface area (Å²) in [5.41, 5.74) is 0.854. The minimum atomic E-state index is -0.332. The highest BCUT2D eigenvalue weighted by Crippen LogP contribution is 2.27.